The van der Waals surface area contributed by atoms with Gasteiger partial charge in [0.1, 0.15) is 0 Å². The van der Waals surface area contributed by atoms with Crippen LogP contribution in [0.2, 0.25) is 0 Å². The van der Waals surface area contributed by atoms with Gasteiger partial charge in [-0.3, -0.25) is 0 Å². The van der Waals surface area contributed by atoms with Gasteiger partial charge >= 0.3 is 47.7 Å². The van der Waals surface area contributed by atoms with Crippen molar-refractivity contribution in [3.05, 3.63) is 21.5 Å². The fraction of sp³-hybridized carbons (Fsp3) is 0.200. The minimum atomic E-state index is 0.207. The van der Waals surface area contributed by atoms with Crippen molar-refractivity contribution in [2.45, 2.75) is 6.61 Å². The van der Waals surface area contributed by atoms with Gasteiger partial charge < -0.3 is 0 Å². The van der Waals surface area contributed by atoms with Crippen molar-refractivity contribution < 1.29 is 5.11 Å². The van der Waals surface area contributed by atoms with E-state index in [1.807, 2.05) is 6.07 Å². The second-order valence-electron chi connectivity index (χ2n) is 1.29. The van der Waals surface area contributed by atoms with Crippen molar-refractivity contribution in [2.75, 3.05) is 0 Å². The van der Waals surface area contributed by atoms with E-state index in [-0.39, 0.29) is 6.61 Å². The molecule has 1 heterocycles. The summed E-state index contributed by atoms with van der Waals surface area (Å²) in [7, 11) is 0. The first kappa shape index (κ1) is 5.10. The van der Waals surface area contributed by atoms with Crippen LogP contribution in [0.4, 0.5) is 0 Å². The molecule has 0 saturated heterocycles. The van der Waals surface area contributed by atoms with Crippen LogP contribution in [0.1, 0.15) is 5.56 Å². The van der Waals surface area contributed by atoms with Crippen molar-refractivity contribution in [1.82, 2.24) is 0 Å². The van der Waals surface area contributed by atoms with Crippen LogP contribution in [0.3, 0.4) is 0 Å². The predicted octanol–water partition coefficient (Wildman–Crippen LogP) is 0.236. The fourth-order valence-corrected chi connectivity index (χ4v) is 1.77. The molecular weight excluding hydrogens is 155 g/mol. The molecule has 1 aromatic heterocycles. The summed E-state index contributed by atoms with van der Waals surface area (Å²) in [5.74, 6) is 0. The van der Waals surface area contributed by atoms with Crippen LogP contribution in [0.5, 0.6) is 0 Å². The Bertz CT molecular complexity index is 123. The minimum absolute atomic E-state index is 0.207. The van der Waals surface area contributed by atoms with Gasteiger partial charge in [-0.15, -0.1) is 0 Å². The summed E-state index contributed by atoms with van der Waals surface area (Å²) < 4.78 is 0. The molecule has 1 nitrogen and oxygen atoms in total. The van der Waals surface area contributed by atoms with Gasteiger partial charge in [-0.1, -0.05) is 0 Å². The zero-order chi connectivity index (χ0) is 5.11. The maximum atomic E-state index is 8.46. The molecule has 0 unspecified atom stereocenters. The molecule has 0 aliphatic rings. The zero-order valence-electron chi connectivity index (χ0n) is 3.79. The quantitative estimate of drug-likeness (QED) is 0.585. The summed E-state index contributed by atoms with van der Waals surface area (Å²) >= 11 is 0.540. The SMILES string of the molecule is OCc1cc[se]c1. The number of hydrogen-bond donors (Lipinski definition) is 1. The van der Waals surface area contributed by atoms with Crippen molar-refractivity contribution in [3.8, 4) is 0 Å². The van der Waals surface area contributed by atoms with E-state index in [1.165, 1.54) is 0 Å². The molecule has 0 fully saturated rings. The summed E-state index contributed by atoms with van der Waals surface area (Å²) in [6.45, 7) is 0.207. The van der Waals surface area contributed by atoms with Crippen LogP contribution >= 0.6 is 0 Å². The second kappa shape index (κ2) is 2.31. The molecule has 2 heteroatoms. The van der Waals surface area contributed by atoms with E-state index in [0.717, 1.165) is 5.56 Å². The van der Waals surface area contributed by atoms with Crippen LogP contribution in [-0.4, -0.2) is 19.6 Å². The normalized spacial score (nSPS) is 9.29. The number of rotatable bonds is 1. The summed E-state index contributed by atoms with van der Waals surface area (Å²) in [4.78, 5) is 4.17. The third-order valence-electron chi connectivity index (χ3n) is 0.763. The fourth-order valence-electron chi connectivity index (χ4n) is 0.383. The molecule has 7 heavy (non-hydrogen) atoms. The van der Waals surface area contributed by atoms with Crippen molar-refractivity contribution in [2.24, 2.45) is 0 Å². The summed E-state index contributed by atoms with van der Waals surface area (Å²) in [5.41, 5.74) is 1.07. The molecule has 0 aliphatic carbocycles. The first-order valence-electron chi connectivity index (χ1n) is 2.05. The maximum absolute atomic E-state index is 8.46. The summed E-state index contributed by atoms with van der Waals surface area (Å²) in [6.07, 6.45) is 0. The first-order chi connectivity index (χ1) is 3.43. The Morgan fingerprint density at radius 2 is 2.57 bits per heavy atom. The van der Waals surface area contributed by atoms with E-state index in [0.29, 0.717) is 14.5 Å². The van der Waals surface area contributed by atoms with Crippen LogP contribution < -0.4 is 0 Å². The molecular formula is C5H6OSe. The molecule has 0 amide bonds. The molecule has 0 atom stereocenters. The van der Waals surface area contributed by atoms with Gasteiger partial charge in [0, 0.05) is 0 Å². The Hall–Kier alpha value is -0.0405. The van der Waals surface area contributed by atoms with Crippen molar-refractivity contribution in [1.29, 1.82) is 0 Å². The molecule has 38 valence electrons. The molecule has 0 spiro atoms. The molecule has 0 bridgehead atoms. The number of hydrogen-bond acceptors (Lipinski definition) is 1. The Labute approximate surface area is 48.3 Å². The van der Waals surface area contributed by atoms with Crippen LogP contribution in [0.15, 0.2) is 15.9 Å². The van der Waals surface area contributed by atoms with Gasteiger partial charge in [0.15, 0.2) is 0 Å². The second-order valence-corrected chi connectivity index (χ2v) is 2.93. The molecule has 0 aliphatic heterocycles. The van der Waals surface area contributed by atoms with Crippen LogP contribution in [0, 0.1) is 0 Å². The monoisotopic (exact) mass is 162 g/mol. The Morgan fingerprint density at radius 1 is 1.71 bits per heavy atom. The van der Waals surface area contributed by atoms with Gasteiger partial charge in [-0.25, -0.2) is 0 Å². The van der Waals surface area contributed by atoms with E-state index >= 15 is 0 Å². The molecule has 1 rings (SSSR count). The van der Waals surface area contributed by atoms with Gasteiger partial charge in [-0.2, -0.15) is 0 Å². The number of aliphatic hydroxyl groups excluding tert-OH is 1. The van der Waals surface area contributed by atoms with E-state index < -0.39 is 0 Å². The predicted molar refractivity (Wildman–Crippen MR) is 29.3 cm³/mol. The van der Waals surface area contributed by atoms with E-state index in [9.17, 15) is 0 Å². The molecule has 0 aromatic carbocycles. The standard InChI is InChI=1S/C5H6OSe/c6-3-5-1-2-7-4-5/h1-2,4,6H,3H2. The van der Waals surface area contributed by atoms with Gasteiger partial charge in [0.25, 0.3) is 0 Å². The third-order valence-corrected chi connectivity index (χ3v) is 2.30. The average molecular weight is 161 g/mol. The number of aliphatic hydroxyl groups is 1. The summed E-state index contributed by atoms with van der Waals surface area (Å²) in [6, 6.07) is 1.97. The summed E-state index contributed by atoms with van der Waals surface area (Å²) in [5, 5.41) is 8.46. The molecule has 1 N–H and O–H groups in total. The van der Waals surface area contributed by atoms with E-state index in [1.54, 1.807) is 0 Å². The topological polar surface area (TPSA) is 20.2 Å². The van der Waals surface area contributed by atoms with Crippen molar-refractivity contribution >= 4 is 14.5 Å². The Morgan fingerprint density at radius 3 is 2.86 bits per heavy atom. The average Bonchev–Trinajstić information content (AvgIpc) is 2.14. The van der Waals surface area contributed by atoms with Gasteiger partial charge in [-0.05, 0) is 0 Å². The van der Waals surface area contributed by atoms with Crippen molar-refractivity contribution in [3.63, 3.8) is 0 Å². The molecule has 0 saturated carbocycles. The van der Waals surface area contributed by atoms with E-state index in [2.05, 4.69) is 9.88 Å². The van der Waals surface area contributed by atoms with Crippen LogP contribution in [0.25, 0.3) is 0 Å². The first-order valence-corrected chi connectivity index (χ1v) is 4.03. The van der Waals surface area contributed by atoms with Gasteiger partial charge in [0.05, 0.1) is 0 Å². The van der Waals surface area contributed by atoms with Gasteiger partial charge in [0.2, 0.25) is 0 Å². The van der Waals surface area contributed by atoms with Crippen LogP contribution in [-0.2, 0) is 6.61 Å². The third kappa shape index (κ3) is 1.16. The molecule has 1 aromatic rings. The Kier molecular flexibility index (Phi) is 1.69. The Balaban J connectivity index is 2.76. The van der Waals surface area contributed by atoms with E-state index in [4.69, 9.17) is 5.11 Å². The molecule has 0 radical (unpaired) electrons. The zero-order valence-corrected chi connectivity index (χ0v) is 5.51.